The number of nitrogens with zero attached hydrogens (tertiary/aromatic N) is 1. The zero-order valence-corrected chi connectivity index (χ0v) is 19.6. The van der Waals surface area contributed by atoms with Gasteiger partial charge in [0.05, 0.1) is 14.2 Å². The minimum atomic E-state index is -0.227. The molecule has 7 nitrogen and oxygen atoms in total. The van der Waals surface area contributed by atoms with Gasteiger partial charge in [0.15, 0.2) is 11.5 Å². The quantitative estimate of drug-likeness (QED) is 0.465. The molecule has 2 aromatic rings. The van der Waals surface area contributed by atoms with Crippen LogP contribution in [0.1, 0.15) is 52.0 Å². The van der Waals surface area contributed by atoms with E-state index in [9.17, 15) is 9.59 Å². The molecule has 0 aliphatic rings. The number of amides is 2. The largest absolute Gasteiger partial charge is 0.493 e. The third-order valence-corrected chi connectivity index (χ3v) is 5.11. The first-order valence-corrected chi connectivity index (χ1v) is 11.0. The second-order valence-electron chi connectivity index (χ2n) is 7.93. The van der Waals surface area contributed by atoms with Crippen molar-refractivity contribution in [2.75, 3.05) is 41.4 Å². The lowest BCUT2D eigenvalue weighted by molar-refractivity contribution is 0.0945. The van der Waals surface area contributed by atoms with Gasteiger partial charge in [0.1, 0.15) is 0 Å². The highest BCUT2D eigenvalue weighted by Gasteiger charge is 2.11. The first-order chi connectivity index (χ1) is 15.4. The van der Waals surface area contributed by atoms with Crippen molar-refractivity contribution in [1.82, 2.24) is 15.5 Å². The number of carbonyl (C=O) groups excluding carboxylic acids is 2. The minimum absolute atomic E-state index is 0.0913. The van der Waals surface area contributed by atoms with E-state index in [1.54, 1.807) is 37.4 Å². The molecule has 2 amide bonds. The van der Waals surface area contributed by atoms with Crippen LogP contribution in [-0.2, 0) is 6.54 Å². The summed E-state index contributed by atoms with van der Waals surface area (Å²) in [5.41, 5.74) is 1.92. The highest BCUT2D eigenvalue weighted by atomic mass is 16.5. The Bertz CT molecular complexity index is 883. The molecule has 0 aromatic heterocycles. The molecule has 0 unspecified atom stereocenters. The summed E-state index contributed by atoms with van der Waals surface area (Å²) < 4.78 is 10.4. The molecule has 7 heteroatoms. The Labute approximate surface area is 191 Å². The summed E-state index contributed by atoms with van der Waals surface area (Å²) in [6.45, 7) is 2.09. The van der Waals surface area contributed by atoms with Gasteiger partial charge in [-0.15, -0.1) is 0 Å². The van der Waals surface area contributed by atoms with Crippen molar-refractivity contribution in [2.24, 2.45) is 0 Å². The zero-order valence-electron chi connectivity index (χ0n) is 19.6. The van der Waals surface area contributed by atoms with E-state index in [-0.39, 0.29) is 11.8 Å². The van der Waals surface area contributed by atoms with Crippen molar-refractivity contribution in [2.45, 2.75) is 32.2 Å². The molecule has 0 atom stereocenters. The van der Waals surface area contributed by atoms with E-state index in [1.165, 1.54) is 20.0 Å². The van der Waals surface area contributed by atoms with Gasteiger partial charge in [0, 0.05) is 24.2 Å². The lowest BCUT2D eigenvalue weighted by Crippen LogP contribution is -2.25. The van der Waals surface area contributed by atoms with Gasteiger partial charge in [-0.1, -0.05) is 25.0 Å². The lowest BCUT2D eigenvalue weighted by atomic mass is 10.1. The topological polar surface area (TPSA) is 79.9 Å². The Kier molecular flexibility index (Phi) is 10.5. The van der Waals surface area contributed by atoms with E-state index in [1.807, 2.05) is 12.1 Å². The summed E-state index contributed by atoms with van der Waals surface area (Å²) in [4.78, 5) is 27.1. The van der Waals surface area contributed by atoms with E-state index < -0.39 is 0 Å². The zero-order chi connectivity index (χ0) is 23.3. The smallest absolute Gasteiger partial charge is 0.251 e. The second-order valence-corrected chi connectivity index (χ2v) is 7.93. The van der Waals surface area contributed by atoms with Crippen molar-refractivity contribution >= 4 is 11.8 Å². The van der Waals surface area contributed by atoms with Gasteiger partial charge in [-0.25, -0.2) is 0 Å². The Hall–Kier alpha value is -3.06. The van der Waals surface area contributed by atoms with Gasteiger partial charge < -0.3 is 25.0 Å². The fourth-order valence-corrected chi connectivity index (χ4v) is 3.29. The average molecular weight is 442 g/mol. The summed E-state index contributed by atoms with van der Waals surface area (Å²) in [5, 5.41) is 5.86. The molecule has 0 saturated heterocycles. The van der Waals surface area contributed by atoms with Crippen molar-refractivity contribution in [3.05, 3.63) is 59.2 Å². The highest BCUT2D eigenvalue weighted by Crippen LogP contribution is 2.27. The number of nitrogens with one attached hydrogen (secondary N) is 2. The van der Waals surface area contributed by atoms with Crippen molar-refractivity contribution in [3.8, 4) is 11.5 Å². The molecule has 0 radical (unpaired) electrons. The van der Waals surface area contributed by atoms with Crippen LogP contribution in [0, 0.1) is 0 Å². The molecule has 0 saturated carbocycles. The maximum absolute atomic E-state index is 12.5. The first-order valence-electron chi connectivity index (χ1n) is 11.0. The van der Waals surface area contributed by atoms with E-state index in [4.69, 9.17) is 9.47 Å². The van der Waals surface area contributed by atoms with Crippen molar-refractivity contribution in [3.63, 3.8) is 0 Å². The molecule has 0 heterocycles. The van der Waals surface area contributed by atoms with Crippen LogP contribution in [0.5, 0.6) is 11.5 Å². The Morgan fingerprint density at radius 3 is 2.22 bits per heavy atom. The first kappa shape index (κ1) is 25.2. The fraction of sp³-hybridized carbons (Fsp3) is 0.440. The van der Waals surface area contributed by atoms with Crippen LogP contribution in [0.3, 0.4) is 0 Å². The van der Waals surface area contributed by atoms with Gasteiger partial charge in [0.2, 0.25) is 0 Å². The number of carbonyl (C=O) groups is 2. The van der Waals surface area contributed by atoms with Crippen LogP contribution < -0.4 is 20.1 Å². The summed E-state index contributed by atoms with van der Waals surface area (Å²) in [7, 11) is 7.24. The highest BCUT2D eigenvalue weighted by molar-refractivity contribution is 5.95. The van der Waals surface area contributed by atoms with Gasteiger partial charge >= 0.3 is 0 Å². The van der Waals surface area contributed by atoms with E-state index >= 15 is 0 Å². The molecule has 2 N–H and O–H groups in total. The molecule has 2 aromatic carbocycles. The molecule has 0 aliphatic carbocycles. The van der Waals surface area contributed by atoms with Crippen molar-refractivity contribution in [1.29, 1.82) is 0 Å². The number of rotatable bonds is 13. The molecule has 0 bridgehead atoms. The molecule has 174 valence electrons. The third kappa shape index (κ3) is 8.23. The van der Waals surface area contributed by atoms with Gasteiger partial charge in [-0.05, 0) is 69.4 Å². The minimum Gasteiger partial charge on any atom is -0.493 e. The number of methoxy groups -OCH3 is 2. The summed E-state index contributed by atoms with van der Waals surface area (Å²) in [5.74, 6) is 0.745. The number of hydrogen-bond donors (Lipinski definition) is 2. The van der Waals surface area contributed by atoms with E-state index in [0.29, 0.717) is 35.7 Å². The monoisotopic (exact) mass is 441 g/mol. The van der Waals surface area contributed by atoms with Crippen LogP contribution in [0.25, 0.3) is 0 Å². The Balaban J connectivity index is 1.81. The average Bonchev–Trinajstić information content (AvgIpc) is 2.81. The summed E-state index contributed by atoms with van der Waals surface area (Å²) in [6, 6.07) is 12.3. The van der Waals surface area contributed by atoms with Crippen LogP contribution in [0.4, 0.5) is 0 Å². The normalized spacial score (nSPS) is 10.7. The van der Waals surface area contributed by atoms with Crippen LogP contribution in [0.15, 0.2) is 42.5 Å². The third-order valence-electron chi connectivity index (χ3n) is 5.11. The van der Waals surface area contributed by atoms with Crippen LogP contribution >= 0.6 is 0 Å². The molecule has 0 fully saturated rings. The van der Waals surface area contributed by atoms with Gasteiger partial charge in [-0.2, -0.15) is 0 Å². The van der Waals surface area contributed by atoms with Gasteiger partial charge in [-0.3, -0.25) is 9.59 Å². The molecule has 32 heavy (non-hydrogen) atoms. The van der Waals surface area contributed by atoms with E-state index in [2.05, 4.69) is 29.6 Å². The van der Waals surface area contributed by atoms with E-state index in [0.717, 1.165) is 24.9 Å². The summed E-state index contributed by atoms with van der Waals surface area (Å²) >= 11 is 0. The predicted molar refractivity (Wildman–Crippen MR) is 127 cm³/mol. The van der Waals surface area contributed by atoms with Crippen LogP contribution in [0.2, 0.25) is 0 Å². The molecule has 0 spiro atoms. The maximum Gasteiger partial charge on any atom is 0.251 e. The number of unbranched alkanes of at least 4 members (excludes halogenated alkanes) is 3. The predicted octanol–water partition coefficient (Wildman–Crippen LogP) is 3.49. The van der Waals surface area contributed by atoms with Crippen LogP contribution in [-0.4, -0.2) is 58.1 Å². The SMILES string of the molecule is COc1ccc(C(=O)NCc2cccc(C(=O)NCCCCCCN(C)C)c2)cc1OC. The molecular formula is C25H35N3O4. The molecule has 2 rings (SSSR count). The summed E-state index contributed by atoms with van der Waals surface area (Å²) in [6.07, 6.45) is 4.43. The Morgan fingerprint density at radius 2 is 1.50 bits per heavy atom. The number of hydrogen-bond acceptors (Lipinski definition) is 5. The Morgan fingerprint density at radius 1 is 0.812 bits per heavy atom. The molecular weight excluding hydrogens is 406 g/mol. The second kappa shape index (κ2) is 13.4. The fourth-order valence-electron chi connectivity index (χ4n) is 3.29. The number of benzene rings is 2. The number of ether oxygens (including phenoxy) is 2. The lowest BCUT2D eigenvalue weighted by Gasteiger charge is -2.11. The standard InChI is InChI=1S/C25H35N3O4/c1-28(2)15-8-6-5-7-14-26-24(29)20-11-9-10-19(16-20)18-27-25(30)21-12-13-22(31-3)23(17-21)32-4/h9-13,16-17H,5-8,14-15,18H2,1-4H3,(H,26,29)(H,27,30). The van der Waals surface area contributed by atoms with Gasteiger partial charge in [0.25, 0.3) is 11.8 Å². The maximum atomic E-state index is 12.5. The van der Waals surface area contributed by atoms with Crippen molar-refractivity contribution < 1.29 is 19.1 Å². The molecule has 0 aliphatic heterocycles.